The number of rotatable bonds is 2. The summed E-state index contributed by atoms with van der Waals surface area (Å²) in [6.45, 7) is 7.94. The summed E-state index contributed by atoms with van der Waals surface area (Å²) in [4.78, 5) is 13.2. The lowest BCUT2D eigenvalue weighted by atomic mass is 9.90. The van der Waals surface area contributed by atoms with Gasteiger partial charge >= 0.3 is 6.09 Å². The highest BCUT2D eigenvalue weighted by atomic mass is 19.1. The maximum absolute atomic E-state index is 14.4. The topological polar surface area (TPSA) is 55.6 Å². The number of ether oxygens (including phenoxy) is 1. The molecule has 1 aliphatic heterocycles. The molecule has 1 rings (SSSR count). The molecule has 4 nitrogen and oxygen atoms in total. The van der Waals surface area contributed by atoms with E-state index in [9.17, 15) is 9.18 Å². The van der Waals surface area contributed by atoms with Gasteiger partial charge in [-0.25, -0.2) is 9.18 Å². The van der Waals surface area contributed by atoms with Crippen molar-refractivity contribution in [2.45, 2.75) is 45.4 Å². The van der Waals surface area contributed by atoms with Crippen LogP contribution in [0.2, 0.25) is 0 Å². The number of halogens is 1. The molecule has 0 saturated carbocycles. The van der Waals surface area contributed by atoms with Gasteiger partial charge in [-0.2, -0.15) is 0 Å². The van der Waals surface area contributed by atoms with E-state index in [1.807, 2.05) is 0 Å². The molecule has 0 spiro atoms. The van der Waals surface area contributed by atoms with Crippen LogP contribution in [-0.4, -0.2) is 41.9 Å². The Morgan fingerprint density at radius 2 is 2.18 bits per heavy atom. The Kier molecular flexibility index (Phi) is 4.02. The highest BCUT2D eigenvalue weighted by Crippen LogP contribution is 2.33. The van der Waals surface area contributed by atoms with Crippen molar-refractivity contribution in [1.29, 1.82) is 0 Å². The lowest BCUT2D eigenvalue weighted by Gasteiger charge is -2.27. The zero-order valence-electron chi connectivity index (χ0n) is 11.1. The molecule has 17 heavy (non-hydrogen) atoms. The van der Waals surface area contributed by atoms with Gasteiger partial charge in [0.1, 0.15) is 11.3 Å². The molecule has 5 heteroatoms. The minimum absolute atomic E-state index is 0.0836. The summed E-state index contributed by atoms with van der Waals surface area (Å²) < 4.78 is 19.6. The first-order valence-corrected chi connectivity index (χ1v) is 6.05. The number of hydrogen-bond donors (Lipinski definition) is 1. The zero-order chi connectivity index (χ0) is 13.3. The van der Waals surface area contributed by atoms with Crippen LogP contribution >= 0.6 is 0 Å². The van der Waals surface area contributed by atoms with E-state index >= 15 is 0 Å². The molecule has 0 aliphatic carbocycles. The summed E-state index contributed by atoms with van der Waals surface area (Å²) in [6.07, 6.45) is -0.105. The van der Waals surface area contributed by atoms with E-state index in [4.69, 9.17) is 10.5 Å². The fraction of sp³-hybridized carbons (Fsp3) is 0.917. The number of carbonyl (C=O) groups excluding carboxylic acids is 1. The molecule has 1 heterocycles. The summed E-state index contributed by atoms with van der Waals surface area (Å²) in [5.74, 6) is -0.241. The second-order valence-electron chi connectivity index (χ2n) is 5.82. The average Bonchev–Trinajstić information content (AvgIpc) is 2.58. The predicted molar refractivity (Wildman–Crippen MR) is 64.5 cm³/mol. The first kappa shape index (κ1) is 14.2. The van der Waals surface area contributed by atoms with Gasteiger partial charge in [0.15, 0.2) is 0 Å². The van der Waals surface area contributed by atoms with Gasteiger partial charge in [0.25, 0.3) is 0 Å². The van der Waals surface area contributed by atoms with Crippen LogP contribution in [0.1, 0.15) is 34.1 Å². The SMILES string of the molecule is CC(CN)C1(F)CCN(C(=O)OC(C)(C)C)C1. The van der Waals surface area contributed by atoms with Crippen LogP contribution in [0.25, 0.3) is 0 Å². The van der Waals surface area contributed by atoms with E-state index in [2.05, 4.69) is 0 Å². The van der Waals surface area contributed by atoms with Crippen molar-refractivity contribution in [1.82, 2.24) is 4.90 Å². The Morgan fingerprint density at radius 1 is 1.59 bits per heavy atom. The molecular weight excluding hydrogens is 223 g/mol. The third kappa shape index (κ3) is 3.56. The second-order valence-corrected chi connectivity index (χ2v) is 5.82. The molecule has 1 saturated heterocycles. The fourth-order valence-electron chi connectivity index (χ4n) is 1.89. The Bertz CT molecular complexity index is 291. The molecule has 2 atom stereocenters. The van der Waals surface area contributed by atoms with E-state index in [0.717, 1.165) is 0 Å². The molecule has 1 aliphatic rings. The van der Waals surface area contributed by atoms with Gasteiger partial charge in [0, 0.05) is 18.9 Å². The lowest BCUT2D eigenvalue weighted by molar-refractivity contribution is 0.0229. The van der Waals surface area contributed by atoms with Crippen LogP contribution in [-0.2, 0) is 4.74 Å². The number of nitrogens with two attached hydrogens (primary N) is 1. The summed E-state index contributed by atoms with van der Waals surface area (Å²) in [6, 6.07) is 0. The lowest BCUT2D eigenvalue weighted by Crippen LogP contribution is -2.41. The summed E-state index contributed by atoms with van der Waals surface area (Å²) in [5.41, 5.74) is 3.57. The minimum Gasteiger partial charge on any atom is -0.444 e. The van der Waals surface area contributed by atoms with Crippen LogP contribution in [0.5, 0.6) is 0 Å². The van der Waals surface area contributed by atoms with Gasteiger partial charge in [0.05, 0.1) is 6.54 Å². The number of amides is 1. The smallest absolute Gasteiger partial charge is 0.410 e. The van der Waals surface area contributed by atoms with E-state index in [-0.39, 0.29) is 12.5 Å². The number of alkyl halides is 1. The first-order chi connectivity index (χ1) is 7.68. The number of hydrogen-bond acceptors (Lipinski definition) is 3. The molecule has 2 N–H and O–H groups in total. The van der Waals surface area contributed by atoms with E-state index < -0.39 is 17.4 Å². The van der Waals surface area contributed by atoms with Crippen molar-refractivity contribution in [3.63, 3.8) is 0 Å². The van der Waals surface area contributed by atoms with Crippen molar-refractivity contribution in [2.75, 3.05) is 19.6 Å². The van der Waals surface area contributed by atoms with Gasteiger partial charge in [0.2, 0.25) is 0 Å². The first-order valence-electron chi connectivity index (χ1n) is 6.05. The van der Waals surface area contributed by atoms with Gasteiger partial charge in [-0.05, 0) is 27.3 Å². The quantitative estimate of drug-likeness (QED) is 0.810. The Morgan fingerprint density at radius 3 is 2.65 bits per heavy atom. The second kappa shape index (κ2) is 4.80. The fourth-order valence-corrected chi connectivity index (χ4v) is 1.89. The average molecular weight is 246 g/mol. The molecule has 0 aromatic carbocycles. The minimum atomic E-state index is -1.37. The largest absolute Gasteiger partial charge is 0.444 e. The van der Waals surface area contributed by atoms with E-state index in [1.165, 1.54) is 4.90 Å². The van der Waals surface area contributed by atoms with Gasteiger partial charge in [-0.1, -0.05) is 6.92 Å². The van der Waals surface area contributed by atoms with Crippen molar-refractivity contribution in [3.8, 4) is 0 Å². The van der Waals surface area contributed by atoms with Gasteiger partial charge < -0.3 is 15.4 Å². The molecular formula is C12H23FN2O2. The highest BCUT2D eigenvalue weighted by Gasteiger charge is 2.44. The Balaban J connectivity index is 2.58. The molecule has 0 aromatic rings. The molecule has 0 aromatic heterocycles. The summed E-state index contributed by atoms with van der Waals surface area (Å²) in [7, 11) is 0. The molecule has 1 amide bonds. The molecule has 100 valence electrons. The van der Waals surface area contributed by atoms with E-state index in [1.54, 1.807) is 27.7 Å². The van der Waals surface area contributed by atoms with Crippen LogP contribution in [0.15, 0.2) is 0 Å². The monoisotopic (exact) mass is 246 g/mol. The van der Waals surface area contributed by atoms with Crippen LogP contribution in [0.3, 0.4) is 0 Å². The van der Waals surface area contributed by atoms with Crippen molar-refractivity contribution in [2.24, 2.45) is 11.7 Å². The predicted octanol–water partition coefficient (Wildman–Crippen LogP) is 1.93. The number of carbonyl (C=O) groups is 1. The number of nitrogens with zero attached hydrogens (tertiary/aromatic N) is 1. The summed E-state index contributed by atoms with van der Waals surface area (Å²) in [5, 5.41) is 0. The van der Waals surface area contributed by atoms with Crippen LogP contribution < -0.4 is 5.73 Å². The number of likely N-dealkylation sites (tertiary alicyclic amines) is 1. The van der Waals surface area contributed by atoms with Crippen molar-refractivity contribution in [3.05, 3.63) is 0 Å². The van der Waals surface area contributed by atoms with Crippen molar-refractivity contribution >= 4 is 6.09 Å². The molecule has 2 unspecified atom stereocenters. The van der Waals surface area contributed by atoms with Crippen LogP contribution in [0.4, 0.5) is 9.18 Å². The standard InChI is InChI=1S/C12H23FN2O2/c1-9(7-14)12(13)5-6-15(8-12)10(16)17-11(2,3)4/h9H,5-8,14H2,1-4H3. The molecule has 0 bridgehead atoms. The third-order valence-corrected chi connectivity index (χ3v) is 3.14. The van der Waals surface area contributed by atoms with Gasteiger partial charge in [-0.15, -0.1) is 0 Å². The zero-order valence-corrected chi connectivity index (χ0v) is 11.1. The Hall–Kier alpha value is -0.840. The van der Waals surface area contributed by atoms with Crippen LogP contribution in [0, 0.1) is 5.92 Å². The Labute approximate surface area is 102 Å². The normalized spacial score (nSPS) is 27.1. The third-order valence-electron chi connectivity index (χ3n) is 3.14. The van der Waals surface area contributed by atoms with Gasteiger partial charge in [-0.3, -0.25) is 0 Å². The van der Waals surface area contributed by atoms with E-state index in [0.29, 0.717) is 19.5 Å². The summed E-state index contributed by atoms with van der Waals surface area (Å²) >= 11 is 0. The highest BCUT2D eigenvalue weighted by molar-refractivity contribution is 5.68. The molecule has 0 radical (unpaired) electrons. The maximum Gasteiger partial charge on any atom is 0.410 e. The molecule has 1 fully saturated rings. The maximum atomic E-state index is 14.4. The van der Waals surface area contributed by atoms with Crippen molar-refractivity contribution < 1.29 is 13.9 Å².